The number of hydrogen-bond donors (Lipinski definition) is 1. The Labute approximate surface area is 121 Å². The molecule has 3 heterocycles. The number of carbonyl (C=O) groups excluding carboxylic acids is 2. The van der Waals surface area contributed by atoms with Crippen molar-refractivity contribution in [2.45, 2.75) is 19.9 Å². The molecule has 1 aliphatic rings. The normalized spacial score (nSPS) is 18.9. The van der Waals surface area contributed by atoms with Gasteiger partial charge in [0, 0.05) is 31.7 Å². The Balaban J connectivity index is 1.98. The highest BCUT2D eigenvalue weighted by molar-refractivity contribution is 6.00. The number of hydrogen-bond acceptors (Lipinski definition) is 4. The molecule has 0 saturated carbocycles. The van der Waals surface area contributed by atoms with Gasteiger partial charge in [0.05, 0.1) is 11.3 Å². The summed E-state index contributed by atoms with van der Waals surface area (Å²) in [6.45, 7) is 4.61. The lowest BCUT2D eigenvalue weighted by Crippen LogP contribution is -2.55. The second kappa shape index (κ2) is 4.83. The number of piperazine rings is 1. The van der Waals surface area contributed by atoms with Crippen LogP contribution >= 0.6 is 0 Å². The molecule has 3 rings (SSSR count). The molecule has 0 bridgehead atoms. The third kappa shape index (κ3) is 2.14. The van der Waals surface area contributed by atoms with E-state index in [4.69, 9.17) is 0 Å². The van der Waals surface area contributed by atoms with Gasteiger partial charge in [-0.05, 0) is 19.9 Å². The Morgan fingerprint density at radius 2 is 2.24 bits per heavy atom. The molecule has 0 aliphatic carbocycles. The highest BCUT2D eigenvalue weighted by Crippen LogP contribution is 2.18. The first-order valence-electron chi connectivity index (χ1n) is 6.87. The SMILES string of the molecule is Cc1nn(C)c2ncc(C(=O)N3CCNC(=O)C3C)cc12. The monoisotopic (exact) mass is 287 g/mol. The summed E-state index contributed by atoms with van der Waals surface area (Å²) in [6.07, 6.45) is 1.55. The molecule has 2 amide bonds. The van der Waals surface area contributed by atoms with E-state index in [1.165, 1.54) is 0 Å². The van der Waals surface area contributed by atoms with Crippen LogP contribution in [0.15, 0.2) is 12.3 Å². The van der Waals surface area contributed by atoms with Gasteiger partial charge in [-0.3, -0.25) is 14.3 Å². The average Bonchev–Trinajstić information content (AvgIpc) is 2.76. The molecule has 0 radical (unpaired) electrons. The first kappa shape index (κ1) is 13.5. The predicted octanol–water partition coefficient (Wildman–Crippen LogP) is 0.237. The van der Waals surface area contributed by atoms with Crippen LogP contribution in [0.1, 0.15) is 23.0 Å². The van der Waals surface area contributed by atoms with Crippen molar-refractivity contribution >= 4 is 22.8 Å². The van der Waals surface area contributed by atoms with Gasteiger partial charge in [-0.1, -0.05) is 0 Å². The average molecular weight is 287 g/mol. The van der Waals surface area contributed by atoms with Crippen LogP contribution in [0.5, 0.6) is 0 Å². The molecule has 0 spiro atoms. The summed E-state index contributed by atoms with van der Waals surface area (Å²) in [5, 5.41) is 7.90. The molecule has 1 fully saturated rings. The molecular weight excluding hydrogens is 270 g/mol. The number of carbonyl (C=O) groups is 2. The Bertz CT molecular complexity index is 736. The molecule has 1 aliphatic heterocycles. The van der Waals surface area contributed by atoms with Gasteiger partial charge in [0.15, 0.2) is 5.65 Å². The van der Waals surface area contributed by atoms with Crippen LogP contribution in [0.4, 0.5) is 0 Å². The van der Waals surface area contributed by atoms with E-state index in [1.54, 1.807) is 28.8 Å². The van der Waals surface area contributed by atoms with Crippen LogP contribution in [0.25, 0.3) is 11.0 Å². The van der Waals surface area contributed by atoms with Crippen molar-refractivity contribution in [1.82, 2.24) is 25.0 Å². The van der Waals surface area contributed by atoms with Gasteiger partial charge in [-0.15, -0.1) is 0 Å². The minimum atomic E-state index is -0.461. The molecular formula is C14H17N5O2. The highest BCUT2D eigenvalue weighted by Gasteiger charge is 2.30. The van der Waals surface area contributed by atoms with Crippen LogP contribution < -0.4 is 5.32 Å². The minimum Gasteiger partial charge on any atom is -0.353 e. The Kier molecular flexibility index (Phi) is 3.12. The standard InChI is InChI=1S/C14H17N5O2/c1-8-11-6-10(7-16-12(11)18(3)17-8)14(21)19-5-4-15-13(20)9(19)2/h6-7,9H,4-5H2,1-3H3,(H,15,20). The van der Waals surface area contributed by atoms with Crippen LogP contribution in [-0.2, 0) is 11.8 Å². The number of aromatic nitrogens is 3. The zero-order valence-corrected chi connectivity index (χ0v) is 12.3. The van der Waals surface area contributed by atoms with Crippen LogP contribution in [-0.4, -0.2) is 50.6 Å². The summed E-state index contributed by atoms with van der Waals surface area (Å²) >= 11 is 0. The van der Waals surface area contributed by atoms with Crippen molar-refractivity contribution in [2.24, 2.45) is 7.05 Å². The molecule has 7 nitrogen and oxygen atoms in total. The lowest BCUT2D eigenvalue weighted by Gasteiger charge is -2.32. The van der Waals surface area contributed by atoms with Crippen LogP contribution in [0, 0.1) is 6.92 Å². The van der Waals surface area contributed by atoms with Gasteiger partial charge in [0.25, 0.3) is 5.91 Å². The molecule has 2 aromatic heterocycles. The fourth-order valence-electron chi connectivity index (χ4n) is 2.65. The summed E-state index contributed by atoms with van der Waals surface area (Å²) in [7, 11) is 1.82. The lowest BCUT2D eigenvalue weighted by atomic mass is 10.1. The maximum Gasteiger partial charge on any atom is 0.256 e. The first-order chi connectivity index (χ1) is 9.99. The van der Waals surface area contributed by atoms with Gasteiger partial charge in [0.2, 0.25) is 5.91 Å². The molecule has 1 saturated heterocycles. The Morgan fingerprint density at radius 1 is 1.48 bits per heavy atom. The van der Waals surface area contributed by atoms with Crippen molar-refractivity contribution in [2.75, 3.05) is 13.1 Å². The van der Waals surface area contributed by atoms with E-state index in [1.807, 2.05) is 14.0 Å². The summed E-state index contributed by atoms with van der Waals surface area (Å²) in [6, 6.07) is 1.34. The van der Waals surface area contributed by atoms with Gasteiger partial charge in [0.1, 0.15) is 6.04 Å². The van der Waals surface area contributed by atoms with Crippen molar-refractivity contribution in [3.8, 4) is 0 Å². The van der Waals surface area contributed by atoms with E-state index in [2.05, 4.69) is 15.4 Å². The number of aryl methyl sites for hydroxylation is 2. The maximum absolute atomic E-state index is 12.6. The number of rotatable bonds is 1. The second-order valence-electron chi connectivity index (χ2n) is 5.27. The van der Waals surface area contributed by atoms with E-state index in [0.29, 0.717) is 18.7 Å². The fourth-order valence-corrected chi connectivity index (χ4v) is 2.65. The van der Waals surface area contributed by atoms with Gasteiger partial charge in [-0.2, -0.15) is 5.10 Å². The van der Waals surface area contributed by atoms with E-state index >= 15 is 0 Å². The van der Waals surface area contributed by atoms with E-state index < -0.39 is 6.04 Å². The first-order valence-corrected chi connectivity index (χ1v) is 6.87. The van der Waals surface area contributed by atoms with Gasteiger partial charge in [-0.25, -0.2) is 4.98 Å². The van der Waals surface area contributed by atoms with E-state index in [-0.39, 0.29) is 11.8 Å². The molecule has 1 atom stereocenters. The number of nitrogens with one attached hydrogen (secondary N) is 1. The summed E-state index contributed by atoms with van der Waals surface area (Å²) in [4.78, 5) is 30.2. The Hall–Kier alpha value is -2.44. The quantitative estimate of drug-likeness (QED) is 0.814. The number of pyridine rings is 1. The van der Waals surface area contributed by atoms with Gasteiger partial charge < -0.3 is 10.2 Å². The molecule has 7 heteroatoms. The second-order valence-corrected chi connectivity index (χ2v) is 5.27. The highest BCUT2D eigenvalue weighted by atomic mass is 16.2. The van der Waals surface area contributed by atoms with E-state index in [0.717, 1.165) is 16.7 Å². The molecule has 0 aromatic carbocycles. The minimum absolute atomic E-state index is 0.124. The van der Waals surface area contributed by atoms with Crippen molar-refractivity contribution in [3.05, 3.63) is 23.5 Å². The molecule has 110 valence electrons. The van der Waals surface area contributed by atoms with Crippen molar-refractivity contribution in [1.29, 1.82) is 0 Å². The summed E-state index contributed by atoms with van der Waals surface area (Å²) < 4.78 is 1.69. The smallest absolute Gasteiger partial charge is 0.256 e. The van der Waals surface area contributed by atoms with Crippen LogP contribution in [0.2, 0.25) is 0 Å². The van der Waals surface area contributed by atoms with Crippen molar-refractivity contribution in [3.63, 3.8) is 0 Å². The largest absolute Gasteiger partial charge is 0.353 e. The van der Waals surface area contributed by atoms with Crippen molar-refractivity contribution < 1.29 is 9.59 Å². The molecule has 2 aromatic rings. The predicted molar refractivity (Wildman–Crippen MR) is 76.8 cm³/mol. The fraction of sp³-hybridized carbons (Fsp3) is 0.429. The number of fused-ring (bicyclic) bond motifs is 1. The third-order valence-corrected chi connectivity index (χ3v) is 3.87. The summed E-state index contributed by atoms with van der Waals surface area (Å²) in [5.41, 5.74) is 2.06. The zero-order chi connectivity index (χ0) is 15.1. The van der Waals surface area contributed by atoms with E-state index in [9.17, 15) is 9.59 Å². The maximum atomic E-state index is 12.6. The molecule has 1 N–H and O–H groups in total. The number of amides is 2. The topological polar surface area (TPSA) is 80.1 Å². The lowest BCUT2D eigenvalue weighted by molar-refractivity contribution is -0.127. The molecule has 1 unspecified atom stereocenters. The van der Waals surface area contributed by atoms with Crippen LogP contribution in [0.3, 0.4) is 0 Å². The molecule has 21 heavy (non-hydrogen) atoms. The zero-order valence-electron chi connectivity index (χ0n) is 12.3. The third-order valence-electron chi connectivity index (χ3n) is 3.87. The Morgan fingerprint density at radius 3 is 3.00 bits per heavy atom. The van der Waals surface area contributed by atoms with Gasteiger partial charge >= 0.3 is 0 Å². The number of nitrogens with zero attached hydrogens (tertiary/aromatic N) is 4. The summed E-state index contributed by atoms with van der Waals surface area (Å²) in [5.74, 6) is -0.295.